The molecule has 1 fully saturated rings. The third-order valence-electron chi connectivity index (χ3n) is 5.62. The summed E-state index contributed by atoms with van der Waals surface area (Å²) in [5.41, 5.74) is 1.39. The second-order valence-corrected chi connectivity index (χ2v) is 9.89. The minimum atomic E-state index is -3.67. The Balaban J connectivity index is 1.51. The van der Waals surface area contributed by atoms with Gasteiger partial charge in [0.15, 0.2) is 0 Å². The number of piperazine rings is 1. The van der Waals surface area contributed by atoms with Crippen LogP contribution in [-0.2, 0) is 14.8 Å². The van der Waals surface area contributed by atoms with E-state index >= 15 is 0 Å². The molecular formula is C22H24ClN3O5S. The average Bonchev–Trinajstić information content (AvgIpc) is 3.17. The van der Waals surface area contributed by atoms with Gasteiger partial charge in [0.25, 0.3) is 0 Å². The SMILES string of the molecule is CCOc1ccc(S(=O)(=O)N2CCN([C@H](C(=O)O)c3c[nH]c4cc(Cl)ccc34)CC2)cc1. The lowest BCUT2D eigenvalue weighted by molar-refractivity contribution is -0.144. The van der Waals surface area contributed by atoms with Gasteiger partial charge in [0.1, 0.15) is 11.8 Å². The Morgan fingerprint density at radius 3 is 2.47 bits per heavy atom. The van der Waals surface area contributed by atoms with Gasteiger partial charge in [0, 0.05) is 53.9 Å². The highest BCUT2D eigenvalue weighted by molar-refractivity contribution is 7.89. The Kier molecular flexibility index (Phi) is 6.43. The molecule has 0 bridgehead atoms. The zero-order valence-corrected chi connectivity index (χ0v) is 19.1. The summed E-state index contributed by atoms with van der Waals surface area (Å²) in [5, 5.41) is 11.3. The number of nitrogens with zero attached hydrogens (tertiary/aromatic N) is 2. The summed E-state index contributed by atoms with van der Waals surface area (Å²) in [6.07, 6.45) is 1.68. The van der Waals surface area contributed by atoms with Gasteiger partial charge in [-0.3, -0.25) is 9.69 Å². The maximum atomic E-state index is 13.0. The Labute approximate surface area is 191 Å². The Morgan fingerprint density at radius 2 is 1.84 bits per heavy atom. The van der Waals surface area contributed by atoms with Crippen LogP contribution in [0, 0.1) is 0 Å². The predicted molar refractivity (Wildman–Crippen MR) is 122 cm³/mol. The fourth-order valence-electron chi connectivity index (χ4n) is 4.06. The maximum Gasteiger partial charge on any atom is 0.325 e. The first-order chi connectivity index (χ1) is 15.3. The van der Waals surface area contributed by atoms with E-state index in [2.05, 4.69) is 4.98 Å². The summed E-state index contributed by atoms with van der Waals surface area (Å²) in [5.74, 6) is -0.371. The molecule has 8 nitrogen and oxygen atoms in total. The van der Waals surface area contributed by atoms with E-state index < -0.39 is 22.0 Å². The van der Waals surface area contributed by atoms with E-state index in [-0.39, 0.29) is 18.0 Å². The minimum Gasteiger partial charge on any atom is -0.494 e. The molecule has 10 heteroatoms. The van der Waals surface area contributed by atoms with Gasteiger partial charge in [-0.15, -0.1) is 0 Å². The third-order valence-corrected chi connectivity index (χ3v) is 7.76. The molecule has 3 aromatic rings. The van der Waals surface area contributed by atoms with Crippen LogP contribution < -0.4 is 4.74 Å². The van der Waals surface area contributed by atoms with Crippen molar-refractivity contribution in [3.8, 4) is 5.75 Å². The number of fused-ring (bicyclic) bond motifs is 1. The second kappa shape index (κ2) is 9.11. The number of benzene rings is 2. The van der Waals surface area contributed by atoms with Crippen LogP contribution in [0.1, 0.15) is 18.5 Å². The van der Waals surface area contributed by atoms with Gasteiger partial charge in [0.05, 0.1) is 11.5 Å². The lowest BCUT2D eigenvalue weighted by Gasteiger charge is -2.37. The summed E-state index contributed by atoms with van der Waals surface area (Å²) >= 11 is 6.04. The minimum absolute atomic E-state index is 0.192. The number of aromatic amines is 1. The smallest absolute Gasteiger partial charge is 0.325 e. The number of hydrogen-bond donors (Lipinski definition) is 2. The maximum absolute atomic E-state index is 13.0. The monoisotopic (exact) mass is 477 g/mol. The number of ether oxygens (including phenoxy) is 1. The highest BCUT2D eigenvalue weighted by Crippen LogP contribution is 2.31. The van der Waals surface area contributed by atoms with Crippen LogP contribution in [0.15, 0.2) is 53.6 Å². The number of aliphatic carboxylic acids is 1. The summed E-state index contributed by atoms with van der Waals surface area (Å²) in [4.78, 5) is 17.2. The van der Waals surface area contributed by atoms with Crippen LogP contribution in [0.5, 0.6) is 5.75 Å². The molecule has 170 valence electrons. The summed E-state index contributed by atoms with van der Waals surface area (Å²) in [7, 11) is -3.67. The van der Waals surface area contributed by atoms with E-state index in [1.807, 2.05) is 6.92 Å². The van der Waals surface area contributed by atoms with Crippen molar-refractivity contribution in [2.45, 2.75) is 17.9 Å². The number of halogens is 1. The van der Waals surface area contributed by atoms with Crippen LogP contribution in [0.2, 0.25) is 5.02 Å². The normalized spacial score (nSPS) is 16.8. The summed E-state index contributed by atoms with van der Waals surface area (Å²) < 4.78 is 32.8. The molecule has 1 aliphatic rings. The number of H-pyrrole nitrogens is 1. The molecule has 1 saturated heterocycles. The number of carboxylic acids is 1. The quantitative estimate of drug-likeness (QED) is 0.541. The first-order valence-corrected chi connectivity index (χ1v) is 12.1. The molecule has 1 aromatic heterocycles. The fourth-order valence-corrected chi connectivity index (χ4v) is 5.65. The van der Waals surface area contributed by atoms with Crippen LogP contribution in [0.25, 0.3) is 10.9 Å². The van der Waals surface area contributed by atoms with Gasteiger partial charge in [-0.1, -0.05) is 17.7 Å². The summed E-state index contributed by atoms with van der Waals surface area (Å²) in [6, 6.07) is 10.7. The number of carboxylic acid groups (broad SMARTS) is 1. The molecule has 0 unspecified atom stereocenters. The standard InChI is InChI=1S/C22H24ClN3O5S/c1-2-31-16-4-6-17(7-5-16)32(29,30)26-11-9-25(10-12-26)21(22(27)28)19-14-24-20-13-15(23)3-8-18(19)20/h3-8,13-14,21,24H,2,9-12H2,1H3,(H,27,28)/t21-/m0/s1. The lowest BCUT2D eigenvalue weighted by atomic mass is 10.0. The molecule has 1 atom stereocenters. The molecule has 2 aromatic carbocycles. The highest BCUT2D eigenvalue weighted by Gasteiger charge is 2.35. The molecule has 32 heavy (non-hydrogen) atoms. The Morgan fingerprint density at radius 1 is 1.16 bits per heavy atom. The van der Waals surface area contributed by atoms with E-state index in [1.165, 1.54) is 16.4 Å². The summed E-state index contributed by atoms with van der Waals surface area (Å²) in [6.45, 7) is 3.37. The molecular weight excluding hydrogens is 454 g/mol. The lowest BCUT2D eigenvalue weighted by Crippen LogP contribution is -2.50. The van der Waals surface area contributed by atoms with E-state index in [4.69, 9.17) is 16.3 Å². The number of rotatable bonds is 7. The van der Waals surface area contributed by atoms with Crippen molar-refractivity contribution in [3.05, 3.63) is 59.2 Å². The van der Waals surface area contributed by atoms with Crippen molar-refractivity contribution >= 4 is 38.5 Å². The molecule has 1 aliphatic heterocycles. The van der Waals surface area contributed by atoms with E-state index in [0.717, 1.165) is 10.9 Å². The highest BCUT2D eigenvalue weighted by atomic mass is 35.5. The molecule has 0 saturated carbocycles. The van der Waals surface area contributed by atoms with Crippen molar-refractivity contribution in [2.24, 2.45) is 0 Å². The van der Waals surface area contributed by atoms with Crippen molar-refractivity contribution in [2.75, 3.05) is 32.8 Å². The number of sulfonamides is 1. The van der Waals surface area contributed by atoms with Gasteiger partial charge in [-0.25, -0.2) is 8.42 Å². The van der Waals surface area contributed by atoms with Crippen LogP contribution in [0.3, 0.4) is 0 Å². The second-order valence-electron chi connectivity index (χ2n) is 7.52. The Bertz CT molecular complexity index is 1220. The van der Waals surface area contributed by atoms with Crippen molar-refractivity contribution in [3.63, 3.8) is 0 Å². The van der Waals surface area contributed by atoms with Crippen LogP contribution in [-0.4, -0.2) is 66.5 Å². The Hall–Kier alpha value is -2.59. The molecule has 0 radical (unpaired) electrons. The third kappa shape index (κ3) is 4.33. The largest absolute Gasteiger partial charge is 0.494 e. The van der Waals surface area contributed by atoms with Gasteiger partial charge < -0.3 is 14.8 Å². The predicted octanol–water partition coefficient (Wildman–Crippen LogP) is 3.35. The van der Waals surface area contributed by atoms with Crippen molar-refractivity contribution in [1.29, 1.82) is 0 Å². The average molecular weight is 478 g/mol. The number of nitrogens with one attached hydrogen (secondary N) is 1. The number of aromatic nitrogens is 1. The fraction of sp³-hybridized carbons (Fsp3) is 0.318. The van der Waals surface area contributed by atoms with Crippen molar-refractivity contribution in [1.82, 2.24) is 14.2 Å². The first kappa shape index (κ1) is 22.6. The number of hydrogen-bond acceptors (Lipinski definition) is 5. The molecule has 4 rings (SSSR count). The van der Waals surface area contributed by atoms with Gasteiger partial charge >= 0.3 is 5.97 Å². The van der Waals surface area contributed by atoms with Crippen LogP contribution in [0.4, 0.5) is 0 Å². The zero-order chi connectivity index (χ0) is 22.9. The molecule has 0 aliphatic carbocycles. The van der Waals surface area contributed by atoms with E-state index in [9.17, 15) is 18.3 Å². The topological polar surface area (TPSA) is 103 Å². The van der Waals surface area contributed by atoms with Crippen molar-refractivity contribution < 1.29 is 23.1 Å². The van der Waals surface area contributed by atoms with Gasteiger partial charge in [0.2, 0.25) is 10.0 Å². The first-order valence-electron chi connectivity index (χ1n) is 10.3. The van der Waals surface area contributed by atoms with E-state index in [1.54, 1.807) is 41.4 Å². The van der Waals surface area contributed by atoms with Gasteiger partial charge in [-0.2, -0.15) is 4.31 Å². The molecule has 2 heterocycles. The van der Waals surface area contributed by atoms with Crippen LogP contribution >= 0.6 is 11.6 Å². The molecule has 0 spiro atoms. The molecule has 2 N–H and O–H groups in total. The zero-order valence-electron chi connectivity index (χ0n) is 17.5. The van der Waals surface area contributed by atoms with E-state index in [0.29, 0.717) is 36.0 Å². The number of carbonyl (C=O) groups is 1. The molecule has 0 amide bonds. The van der Waals surface area contributed by atoms with Gasteiger partial charge in [-0.05, 0) is 43.3 Å².